The molecule has 1 fully saturated rings. The number of ether oxygens (including phenoxy) is 1. The van der Waals surface area contributed by atoms with E-state index in [4.69, 9.17) is 15.7 Å². The van der Waals surface area contributed by atoms with Crippen LogP contribution in [-0.2, 0) is 4.74 Å². The minimum absolute atomic E-state index is 0.0471. The van der Waals surface area contributed by atoms with Crippen LogP contribution >= 0.6 is 0 Å². The zero-order chi connectivity index (χ0) is 13.5. The van der Waals surface area contributed by atoms with Gasteiger partial charge in [-0.3, -0.25) is 4.90 Å². The first kappa shape index (κ1) is 15.2. The van der Waals surface area contributed by atoms with Crippen molar-refractivity contribution in [1.29, 1.82) is 0 Å². The van der Waals surface area contributed by atoms with Crippen LogP contribution in [0, 0.1) is 5.92 Å². The predicted octanol–water partition coefficient (Wildman–Crippen LogP) is 0.0214. The fraction of sp³-hybridized carbons (Fsp3) is 0.917. The summed E-state index contributed by atoms with van der Waals surface area (Å²) in [5.41, 5.74) is 5.58. The van der Waals surface area contributed by atoms with Crippen molar-refractivity contribution in [3.05, 3.63) is 0 Å². The molecule has 1 saturated heterocycles. The summed E-state index contributed by atoms with van der Waals surface area (Å²) in [4.78, 5) is 4.57. The Morgan fingerprint density at radius 1 is 1.67 bits per heavy atom. The van der Waals surface area contributed by atoms with E-state index in [1.807, 2.05) is 14.0 Å². The van der Waals surface area contributed by atoms with E-state index in [2.05, 4.69) is 21.9 Å². The Bertz CT molecular complexity index is 273. The van der Waals surface area contributed by atoms with E-state index in [9.17, 15) is 0 Å². The van der Waals surface area contributed by atoms with Crippen molar-refractivity contribution in [3.63, 3.8) is 0 Å². The van der Waals surface area contributed by atoms with Gasteiger partial charge in [-0.15, -0.1) is 0 Å². The lowest BCUT2D eigenvalue weighted by Crippen LogP contribution is -2.47. The van der Waals surface area contributed by atoms with Crippen molar-refractivity contribution in [2.45, 2.75) is 20.0 Å². The molecular formula is C12H26N4O2. The Morgan fingerprint density at radius 2 is 2.39 bits per heavy atom. The molecule has 2 atom stereocenters. The van der Waals surface area contributed by atoms with Gasteiger partial charge in [0.15, 0.2) is 0 Å². The van der Waals surface area contributed by atoms with Crippen LogP contribution in [0.4, 0.5) is 0 Å². The molecule has 0 aromatic rings. The first-order valence-corrected chi connectivity index (χ1v) is 6.56. The number of rotatable bonds is 6. The summed E-state index contributed by atoms with van der Waals surface area (Å²) >= 11 is 0. The van der Waals surface area contributed by atoms with E-state index in [1.54, 1.807) is 0 Å². The van der Waals surface area contributed by atoms with E-state index >= 15 is 0 Å². The number of morpholine rings is 1. The molecule has 1 heterocycles. The lowest BCUT2D eigenvalue weighted by Gasteiger charge is -2.34. The van der Waals surface area contributed by atoms with Crippen molar-refractivity contribution in [2.24, 2.45) is 16.8 Å². The molecule has 0 radical (unpaired) electrons. The van der Waals surface area contributed by atoms with Crippen LogP contribution in [0.15, 0.2) is 5.16 Å². The normalized spacial score (nSPS) is 24.4. The summed E-state index contributed by atoms with van der Waals surface area (Å²) < 4.78 is 5.75. The van der Waals surface area contributed by atoms with Crippen molar-refractivity contribution in [2.75, 3.05) is 46.4 Å². The van der Waals surface area contributed by atoms with E-state index in [1.165, 1.54) is 0 Å². The van der Waals surface area contributed by atoms with Gasteiger partial charge in [0.25, 0.3) is 0 Å². The molecule has 3 N–H and O–H groups in total. The Balaban J connectivity index is 2.33. The maximum atomic E-state index is 8.62. The van der Waals surface area contributed by atoms with Gasteiger partial charge in [0.1, 0.15) is 5.84 Å². The minimum Gasteiger partial charge on any atom is -0.409 e. The zero-order valence-electron chi connectivity index (χ0n) is 11.7. The molecule has 6 heteroatoms. The lowest BCUT2D eigenvalue weighted by atomic mass is 10.1. The molecule has 0 saturated carbocycles. The second kappa shape index (κ2) is 7.56. The number of nitrogens with two attached hydrogens (primary N) is 1. The van der Waals surface area contributed by atoms with Crippen molar-refractivity contribution >= 4 is 5.84 Å². The second-order valence-electron chi connectivity index (χ2n) is 5.03. The molecule has 1 aliphatic rings. The molecule has 0 aromatic heterocycles. The molecule has 0 amide bonds. The molecule has 18 heavy (non-hydrogen) atoms. The number of amidine groups is 1. The van der Waals surface area contributed by atoms with Crippen molar-refractivity contribution in [1.82, 2.24) is 9.80 Å². The molecule has 0 bridgehead atoms. The van der Waals surface area contributed by atoms with Gasteiger partial charge < -0.3 is 20.6 Å². The summed E-state index contributed by atoms with van der Waals surface area (Å²) in [7, 11) is 2.04. The van der Waals surface area contributed by atoms with Gasteiger partial charge in [-0.05, 0) is 13.6 Å². The Hall–Kier alpha value is -0.850. The van der Waals surface area contributed by atoms with Crippen molar-refractivity contribution < 1.29 is 9.94 Å². The highest BCUT2D eigenvalue weighted by Gasteiger charge is 2.21. The third kappa shape index (κ3) is 4.80. The minimum atomic E-state index is 0.0471. The maximum Gasteiger partial charge on any atom is 0.143 e. The maximum absolute atomic E-state index is 8.62. The average Bonchev–Trinajstić information content (AvgIpc) is 2.37. The second-order valence-corrected chi connectivity index (χ2v) is 5.03. The first-order chi connectivity index (χ1) is 8.56. The summed E-state index contributed by atoms with van der Waals surface area (Å²) in [5.74, 6) is 0.326. The molecule has 0 aromatic carbocycles. The van der Waals surface area contributed by atoms with E-state index < -0.39 is 0 Å². The van der Waals surface area contributed by atoms with Gasteiger partial charge in [-0.1, -0.05) is 19.0 Å². The fourth-order valence-corrected chi connectivity index (χ4v) is 2.26. The third-order valence-electron chi connectivity index (χ3n) is 3.39. The van der Waals surface area contributed by atoms with Crippen LogP contribution in [0.3, 0.4) is 0 Å². The van der Waals surface area contributed by atoms with Gasteiger partial charge in [0, 0.05) is 32.1 Å². The average molecular weight is 258 g/mol. The van der Waals surface area contributed by atoms with Gasteiger partial charge in [-0.2, -0.15) is 0 Å². The SMILES string of the molecule is CCN1CCOC(CN(C)CC(C)C(N)=NO)C1. The van der Waals surface area contributed by atoms with Crippen LogP contribution in [0.5, 0.6) is 0 Å². The number of likely N-dealkylation sites (N-methyl/N-ethyl adjacent to an activating group) is 2. The zero-order valence-corrected chi connectivity index (χ0v) is 11.7. The summed E-state index contributed by atoms with van der Waals surface area (Å²) in [5, 5.41) is 11.7. The molecule has 1 rings (SSSR count). The lowest BCUT2D eigenvalue weighted by molar-refractivity contribution is -0.0393. The van der Waals surface area contributed by atoms with Crippen molar-refractivity contribution in [3.8, 4) is 0 Å². The van der Waals surface area contributed by atoms with Crippen LogP contribution < -0.4 is 5.73 Å². The molecule has 0 aliphatic carbocycles. The quantitative estimate of drug-likeness (QED) is 0.304. The van der Waals surface area contributed by atoms with Gasteiger partial charge in [0.05, 0.1) is 12.7 Å². The van der Waals surface area contributed by atoms with E-state index in [0.717, 1.165) is 39.3 Å². The molecule has 1 aliphatic heterocycles. The van der Waals surface area contributed by atoms with Gasteiger partial charge in [-0.25, -0.2) is 0 Å². The number of nitrogens with zero attached hydrogens (tertiary/aromatic N) is 3. The monoisotopic (exact) mass is 258 g/mol. The van der Waals surface area contributed by atoms with Crippen LogP contribution in [-0.4, -0.2) is 73.3 Å². The largest absolute Gasteiger partial charge is 0.409 e. The van der Waals surface area contributed by atoms with Gasteiger partial charge in [0.2, 0.25) is 0 Å². The highest BCUT2D eigenvalue weighted by Crippen LogP contribution is 2.07. The van der Waals surface area contributed by atoms with Gasteiger partial charge >= 0.3 is 0 Å². The van der Waals surface area contributed by atoms with E-state index in [-0.39, 0.29) is 17.9 Å². The smallest absolute Gasteiger partial charge is 0.143 e. The Morgan fingerprint density at radius 3 is 3.00 bits per heavy atom. The van der Waals surface area contributed by atoms with E-state index in [0.29, 0.717) is 0 Å². The molecule has 106 valence electrons. The highest BCUT2D eigenvalue weighted by molar-refractivity contribution is 5.82. The number of hydrogen-bond acceptors (Lipinski definition) is 5. The predicted molar refractivity (Wildman–Crippen MR) is 71.9 cm³/mol. The van der Waals surface area contributed by atoms with Crippen LogP contribution in [0.1, 0.15) is 13.8 Å². The number of hydrogen-bond donors (Lipinski definition) is 2. The standard InChI is InChI=1S/C12H26N4O2/c1-4-16-5-6-18-11(9-16)8-15(3)7-10(2)12(13)14-17/h10-11,17H,4-9H2,1-3H3,(H2,13,14). The summed E-state index contributed by atoms with van der Waals surface area (Å²) in [6, 6.07) is 0. The van der Waals surface area contributed by atoms with Crippen LogP contribution in [0.25, 0.3) is 0 Å². The number of oxime groups is 1. The fourth-order valence-electron chi connectivity index (χ4n) is 2.26. The van der Waals surface area contributed by atoms with Crippen LogP contribution in [0.2, 0.25) is 0 Å². The summed E-state index contributed by atoms with van der Waals surface area (Å²) in [6.45, 7) is 9.65. The molecule has 0 spiro atoms. The molecular weight excluding hydrogens is 232 g/mol. The molecule has 6 nitrogen and oxygen atoms in total. The third-order valence-corrected chi connectivity index (χ3v) is 3.39. The summed E-state index contributed by atoms with van der Waals surface area (Å²) in [6.07, 6.45) is 0.253. The Kier molecular flexibility index (Phi) is 6.38. The topological polar surface area (TPSA) is 74.3 Å². The molecule has 2 unspecified atom stereocenters. The highest BCUT2D eigenvalue weighted by atomic mass is 16.5. The first-order valence-electron chi connectivity index (χ1n) is 6.56. The Labute approximate surface area is 109 Å².